The molecular formula is C23H31N3O3. The Labute approximate surface area is 172 Å². The van der Waals surface area contributed by atoms with Crippen molar-refractivity contribution < 1.29 is 14.7 Å². The van der Waals surface area contributed by atoms with Crippen LogP contribution in [0.15, 0.2) is 30.3 Å². The molecule has 0 unspecified atom stereocenters. The van der Waals surface area contributed by atoms with Gasteiger partial charge in [-0.15, -0.1) is 0 Å². The fraction of sp³-hybridized carbons (Fsp3) is 0.522. The number of amides is 1. The van der Waals surface area contributed by atoms with Crippen LogP contribution in [0, 0.1) is 19.8 Å². The van der Waals surface area contributed by atoms with Crippen LogP contribution in [0.2, 0.25) is 0 Å². The summed E-state index contributed by atoms with van der Waals surface area (Å²) in [6, 6.07) is 9.39. The highest BCUT2D eigenvalue weighted by atomic mass is 16.4. The molecule has 1 aliphatic rings. The lowest BCUT2D eigenvalue weighted by Gasteiger charge is -2.39. The van der Waals surface area contributed by atoms with E-state index >= 15 is 0 Å². The summed E-state index contributed by atoms with van der Waals surface area (Å²) in [6.45, 7) is 10.0. The van der Waals surface area contributed by atoms with Crippen molar-refractivity contribution >= 4 is 11.9 Å². The summed E-state index contributed by atoms with van der Waals surface area (Å²) >= 11 is 0. The first-order valence-corrected chi connectivity index (χ1v) is 10.3. The standard InChI is InChI=1S/C23H31N3O3/c1-16(2)15-26-18(4)20(17(3)24-26)14-21(27)25-12-10-23(11-13-25,22(28)29)19-8-6-5-7-9-19/h5-9,16H,10-15H2,1-4H3,(H,28,29). The molecule has 0 aliphatic carbocycles. The number of nitrogens with zero attached hydrogens (tertiary/aromatic N) is 3. The second-order valence-corrected chi connectivity index (χ2v) is 8.54. The van der Waals surface area contributed by atoms with Crippen LogP contribution in [0.3, 0.4) is 0 Å². The molecule has 1 aliphatic heterocycles. The molecule has 1 saturated heterocycles. The number of carbonyl (C=O) groups is 2. The maximum atomic E-state index is 13.0. The minimum atomic E-state index is -0.911. The van der Waals surface area contributed by atoms with E-state index in [1.807, 2.05) is 53.8 Å². The first-order valence-electron chi connectivity index (χ1n) is 10.3. The number of benzene rings is 1. The van der Waals surface area contributed by atoms with Crippen LogP contribution >= 0.6 is 0 Å². The van der Waals surface area contributed by atoms with Gasteiger partial charge in [-0.1, -0.05) is 44.2 Å². The third-order valence-corrected chi connectivity index (χ3v) is 6.10. The van der Waals surface area contributed by atoms with E-state index in [9.17, 15) is 14.7 Å². The van der Waals surface area contributed by atoms with Crippen molar-refractivity contribution in [2.24, 2.45) is 5.92 Å². The number of piperidine rings is 1. The molecule has 2 aromatic rings. The zero-order chi connectivity index (χ0) is 21.2. The number of likely N-dealkylation sites (tertiary alicyclic amines) is 1. The second kappa shape index (κ2) is 8.39. The van der Waals surface area contributed by atoms with Crippen LogP contribution in [-0.2, 0) is 28.0 Å². The first kappa shape index (κ1) is 21.1. The van der Waals surface area contributed by atoms with Crippen molar-refractivity contribution in [2.45, 2.75) is 58.9 Å². The van der Waals surface area contributed by atoms with E-state index in [4.69, 9.17) is 0 Å². The average molecular weight is 398 g/mol. The van der Waals surface area contributed by atoms with Gasteiger partial charge < -0.3 is 10.0 Å². The topological polar surface area (TPSA) is 75.4 Å². The molecule has 0 saturated carbocycles. The smallest absolute Gasteiger partial charge is 0.314 e. The maximum Gasteiger partial charge on any atom is 0.314 e. The van der Waals surface area contributed by atoms with Crippen molar-refractivity contribution in [1.29, 1.82) is 0 Å². The number of hydrogen-bond acceptors (Lipinski definition) is 3. The fourth-order valence-electron chi connectivity index (χ4n) is 4.30. The summed E-state index contributed by atoms with van der Waals surface area (Å²) in [7, 11) is 0. The predicted octanol–water partition coefficient (Wildman–Crippen LogP) is 3.34. The summed E-state index contributed by atoms with van der Waals surface area (Å²) in [5, 5.41) is 14.5. The van der Waals surface area contributed by atoms with Crippen molar-refractivity contribution in [3.63, 3.8) is 0 Å². The van der Waals surface area contributed by atoms with Crippen LogP contribution in [-0.4, -0.2) is 44.8 Å². The lowest BCUT2D eigenvalue weighted by atomic mass is 9.73. The lowest BCUT2D eigenvalue weighted by Crippen LogP contribution is -2.49. The van der Waals surface area contributed by atoms with Gasteiger partial charge in [0, 0.05) is 30.9 Å². The van der Waals surface area contributed by atoms with Gasteiger partial charge in [0.05, 0.1) is 17.5 Å². The van der Waals surface area contributed by atoms with Crippen molar-refractivity contribution in [1.82, 2.24) is 14.7 Å². The number of aromatic nitrogens is 2. The van der Waals surface area contributed by atoms with E-state index in [1.54, 1.807) is 0 Å². The minimum absolute atomic E-state index is 0.0485. The van der Waals surface area contributed by atoms with Crippen LogP contribution < -0.4 is 0 Å². The molecular weight excluding hydrogens is 366 g/mol. The minimum Gasteiger partial charge on any atom is -0.481 e. The van der Waals surface area contributed by atoms with Gasteiger partial charge in [0.2, 0.25) is 5.91 Å². The number of carboxylic acid groups (broad SMARTS) is 1. The molecule has 6 heteroatoms. The quantitative estimate of drug-likeness (QED) is 0.811. The molecule has 1 aromatic carbocycles. The van der Waals surface area contributed by atoms with E-state index in [0.717, 1.165) is 29.1 Å². The zero-order valence-electron chi connectivity index (χ0n) is 17.8. The molecule has 1 fully saturated rings. The monoisotopic (exact) mass is 397 g/mol. The summed E-state index contributed by atoms with van der Waals surface area (Å²) in [5.41, 5.74) is 2.85. The third-order valence-electron chi connectivity index (χ3n) is 6.10. The van der Waals surface area contributed by atoms with Gasteiger partial charge in [-0.05, 0) is 38.2 Å². The van der Waals surface area contributed by atoms with Gasteiger partial charge in [0.25, 0.3) is 0 Å². The molecule has 0 bridgehead atoms. The Morgan fingerprint density at radius 1 is 1.14 bits per heavy atom. The Morgan fingerprint density at radius 2 is 1.76 bits per heavy atom. The Kier molecular flexibility index (Phi) is 6.10. The SMILES string of the molecule is Cc1nn(CC(C)C)c(C)c1CC(=O)N1CCC(C(=O)O)(c2ccccc2)CC1. The molecule has 156 valence electrons. The molecule has 0 atom stereocenters. The largest absolute Gasteiger partial charge is 0.481 e. The molecule has 6 nitrogen and oxygen atoms in total. The first-order chi connectivity index (χ1) is 13.7. The van der Waals surface area contributed by atoms with E-state index in [-0.39, 0.29) is 5.91 Å². The molecule has 1 aromatic heterocycles. The van der Waals surface area contributed by atoms with Gasteiger partial charge in [-0.25, -0.2) is 0 Å². The van der Waals surface area contributed by atoms with Crippen molar-refractivity contribution in [2.75, 3.05) is 13.1 Å². The number of hydrogen-bond donors (Lipinski definition) is 1. The van der Waals surface area contributed by atoms with Crippen LogP contribution in [0.25, 0.3) is 0 Å². The molecule has 0 spiro atoms. The average Bonchev–Trinajstić information content (AvgIpc) is 2.95. The summed E-state index contributed by atoms with van der Waals surface area (Å²) in [5.74, 6) is -0.273. The number of aliphatic carboxylic acids is 1. The van der Waals surface area contributed by atoms with Crippen molar-refractivity contribution in [3.05, 3.63) is 52.8 Å². The van der Waals surface area contributed by atoms with Gasteiger partial charge >= 0.3 is 5.97 Å². The Morgan fingerprint density at radius 3 is 2.31 bits per heavy atom. The second-order valence-electron chi connectivity index (χ2n) is 8.54. The normalized spacial score (nSPS) is 16.2. The van der Waals surface area contributed by atoms with Crippen LogP contribution in [0.5, 0.6) is 0 Å². The van der Waals surface area contributed by atoms with Crippen LogP contribution in [0.4, 0.5) is 0 Å². The van der Waals surface area contributed by atoms with E-state index < -0.39 is 11.4 Å². The lowest BCUT2D eigenvalue weighted by molar-refractivity contribution is -0.148. The van der Waals surface area contributed by atoms with E-state index in [0.29, 0.717) is 38.3 Å². The maximum absolute atomic E-state index is 13.0. The van der Waals surface area contributed by atoms with Crippen LogP contribution in [0.1, 0.15) is 49.2 Å². The van der Waals surface area contributed by atoms with Gasteiger partial charge in [0.15, 0.2) is 0 Å². The molecule has 29 heavy (non-hydrogen) atoms. The predicted molar refractivity (Wildman–Crippen MR) is 112 cm³/mol. The van der Waals surface area contributed by atoms with E-state index in [1.165, 1.54) is 0 Å². The molecule has 1 N–H and O–H groups in total. The van der Waals surface area contributed by atoms with Gasteiger partial charge in [-0.2, -0.15) is 5.10 Å². The third kappa shape index (κ3) is 4.21. The van der Waals surface area contributed by atoms with Gasteiger partial charge in [-0.3, -0.25) is 14.3 Å². The highest BCUT2D eigenvalue weighted by Gasteiger charge is 2.43. The van der Waals surface area contributed by atoms with Crippen molar-refractivity contribution in [3.8, 4) is 0 Å². The number of carbonyl (C=O) groups excluding carboxylic acids is 1. The van der Waals surface area contributed by atoms with E-state index in [2.05, 4.69) is 18.9 Å². The summed E-state index contributed by atoms with van der Waals surface area (Å²) in [4.78, 5) is 26.9. The molecule has 2 heterocycles. The number of aryl methyl sites for hydroxylation is 1. The Balaban J connectivity index is 1.71. The summed E-state index contributed by atoms with van der Waals surface area (Å²) < 4.78 is 1.99. The molecule has 0 radical (unpaired) electrons. The number of carboxylic acids is 1. The zero-order valence-corrected chi connectivity index (χ0v) is 17.8. The Hall–Kier alpha value is -2.63. The molecule has 1 amide bonds. The molecule has 3 rings (SSSR count). The Bertz CT molecular complexity index is 878. The highest BCUT2D eigenvalue weighted by molar-refractivity contribution is 5.83. The van der Waals surface area contributed by atoms with Gasteiger partial charge in [0.1, 0.15) is 0 Å². The summed E-state index contributed by atoms with van der Waals surface area (Å²) in [6.07, 6.45) is 1.19. The fourth-order valence-corrected chi connectivity index (χ4v) is 4.30. The highest BCUT2D eigenvalue weighted by Crippen LogP contribution is 2.36. The number of rotatable bonds is 6.